The van der Waals surface area contributed by atoms with E-state index in [0.29, 0.717) is 6.54 Å². The Balaban J connectivity index is 1.75. The number of nitrogens with two attached hydrogens (primary N) is 1. The van der Waals surface area contributed by atoms with E-state index < -0.39 is 48.8 Å². The first-order valence-corrected chi connectivity index (χ1v) is 11.9. The number of nitrogens with zero attached hydrogens (tertiary/aromatic N) is 5. The normalized spacial score (nSPS) is 16.9. The number of ether oxygens (including phenoxy) is 1. The van der Waals surface area contributed by atoms with Crippen molar-refractivity contribution < 1.29 is 31.9 Å². The number of primary amides is 1. The van der Waals surface area contributed by atoms with Crippen LogP contribution in [0.3, 0.4) is 0 Å². The Morgan fingerprint density at radius 1 is 1.33 bits per heavy atom. The van der Waals surface area contributed by atoms with Gasteiger partial charge in [0.05, 0.1) is 36.1 Å². The molecule has 3 aromatic rings. The lowest BCUT2D eigenvalue weighted by molar-refractivity contribution is -0.146. The van der Waals surface area contributed by atoms with Gasteiger partial charge < -0.3 is 25.3 Å². The second-order valence-corrected chi connectivity index (χ2v) is 8.66. The van der Waals surface area contributed by atoms with Crippen LogP contribution in [0.2, 0.25) is 0 Å². The summed E-state index contributed by atoms with van der Waals surface area (Å²) in [6.45, 7) is 2.18. The lowest BCUT2D eigenvalue weighted by atomic mass is 10.1. The predicted octanol–water partition coefficient (Wildman–Crippen LogP) is 2.64. The largest absolute Gasteiger partial charge is 0.373 e. The van der Waals surface area contributed by atoms with Crippen LogP contribution in [0.15, 0.2) is 25.0 Å². The molecule has 4 rings (SSSR count). The maximum absolute atomic E-state index is 14.8. The van der Waals surface area contributed by atoms with E-state index in [-0.39, 0.29) is 46.6 Å². The van der Waals surface area contributed by atoms with Crippen LogP contribution < -0.4 is 11.1 Å². The van der Waals surface area contributed by atoms with Crippen LogP contribution in [-0.4, -0.2) is 68.9 Å². The number of halogens is 4. The van der Waals surface area contributed by atoms with Gasteiger partial charge in [0.2, 0.25) is 5.91 Å². The molecule has 2 atom stereocenters. The number of alkyl halides is 2. The van der Waals surface area contributed by atoms with Crippen LogP contribution >= 0.6 is 0 Å². The molecule has 0 aliphatic carbocycles. The molecule has 14 heteroatoms. The quantitative estimate of drug-likeness (QED) is 0.254. The molecule has 39 heavy (non-hydrogen) atoms. The van der Waals surface area contributed by atoms with Gasteiger partial charge in [0.1, 0.15) is 16.9 Å². The fourth-order valence-corrected chi connectivity index (χ4v) is 4.68. The molecule has 2 amide bonds. The molecule has 1 fully saturated rings. The Kier molecular flexibility index (Phi) is 7.91. The van der Waals surface area contributed by atoms with Crippen molar-refractivity contribution in [2.75, 3.05) is 25.5 Å². The molecule has 10 nitrogen and oxygen atoms in total. The van der Waals surface area contributed by atoms with Gasteiger partial charge in [0.15, 0.2) is 17.3 Å². The van der Waals surface area contributed by atoms with E-state index >= 15 is 0 Å². The molecule has 1 saturated heterocycles. The molecular formula is C25H25F4N7O3. The lowest BCUT2D eigenvalue weighted by Gasteiger charge is -2.22. The number of fused-ring (bicyclic) bond motifs is 1. The van der Waals surface area contributed by atoms with Crippen molar-refractivity contribution in [2.24, 2.45) is 5.73 Å². The highest BCUT2D eigenvalue weighted by atomic mass is 19.3. The van der Waals surface area contributed by atoms with Crippen molar-refractivity contribution in [3.63, 3.8) is 0 Å². The summed E-state index contributed by atoms with van der Waals surface area (Å²) < 4.78 is 62.2. The Hall–Kier alpha value is -4.38. The molecule has 0 unspecified atom stereocenters. The molecule has 206 valence electrons. The molecule has 3 heterocycles. The zero-order valence-corrected chi connectivity index (χ0v) is 21.0. The van der Waals surface area contributed by atoms with Gasteiger partial charge in [-0.05, 0) is 31.4 Å². The highest BCUT2D eigenvalue weighted by Gasteiger charge is 2.38. The SMILES string of the molecule is C=CC(=O)N1C[C@@H](n2nc(C#Cc3cc4ncn(CC)c4c(F)c3F)c(C(N)=O)c2NC)C[C@@H]1COC(F)F. The van der Waals surface area contributed by atoms with Gasteiger partial charge in [0, 0.05) is 20.1 Å². The van der Waals surface area contributed by atoms with Crippen LogP contribution in [-0.2, 0) is 16.1 Å². The first-order chi connectivity index (χ1) is 18.6. The van der Waals surface area contributed by atoms with Crippen molar-refractivity contribution in [1.82, 2.24) is 24.2 Å². The number of hydrogen-bond donors (Lipinski definition) is 2. The first-order valence-electron chi connectivity index (χ1n) is 11.9. The van der Waals surface area contributed by atoms with Crippen LogP contribution in [0.5, 0.6) is 0 Å². The molecule has 0 bridgehead atoms. The van der Waals surface area contributed by atoms with Crippen LogP contribution in [0.1, 0.15) is 41.0 Å². The summed E-state index contributed by atoms with van der Waals surface area (Å²) in [5.74, 6) is 1.58. The number of hydrogen-bond acceptors (Lipinski definition) is 6. The number of amides is 2. The zero-order valence-electron chi connectivity index (χ0n) is 21.0. The topological polar surface area (TPSA) is 120 Å². The second kappa shape index (κ2) is 11.2. The van der Waals surface area contributed by atoms with Gasteiger partial charge in [-0.15, -0.1) is 0 Å². The minimum absolute atomic E-state index is 0.00496. The number of aryl methyl sites for hydroxylation is 1. The number of imidazole rings is 1. The second-order valence-electron chi connectivity index (χ2n) is 8.66. The van der Waals surface area contributed by atoms with E-state index in [0.717, 1.165) is 6.08 Å². The van der Waals surface area contributed by atoms with Crippen molar-refractivity contribution >= 4 is 28.7 Å². The van der Waals surface area contributed by atoms with Gasteiger partial charge in [-0.1, -0.05) is 12.5 Å². The standard InChI is InChI=1S/C25H25F4N7O3/c1-4-18(37)35-10-14(9-15(35)11-39-25(28)29)36-24(31-3)19(23(30)38)16(33-36)7-6-13-8-17-22(21(27)20(13)26)34(5-2)12-32-17/h4,8,12,14-15,25,31H,1,5,9-11H2,2-3H3,(H2,30,38)/t14-,15+/m0/s1. The van der Waals surface area contributed by atoms with Gasteiger partial charge in [-0.25, -0.2) is 18.4 Å². The van der Waals surface area contributed by atoms with E-state index in [4.69, 9.17) is 5.73 Å². The Bertz CT molecular complexity index is 1500. The third-order valence-electron chi connectivity index (χ3n) is 6.44. The zero-order chi connectivity index (χ0) is 28.4. The Morgan fingerprint density at radius 3 is 2.69 bits per heavy atom. The fraction of sp³-hybridized carbons (Fsp3) is 0.360. The number of carbonyl (C=O) groups is 2. The van der Waals surface area contributed by atoms with Gasteiger partial charge in [-0.2, -0.15) is 13.9 Å². The van der Waals surface area contributed by atoms with Gasteiger partial charge in [-0.3, -0.25) is 9.59 Å². The molecule has 1 aliphatic rings. The molecule has 0 radical (unpaired) electrons. The summed E-state index contributed by atoms with van der Waals surface area (Å²) in [7, 11) is 1.50. The van der Waals surface area contributed by atoms with E-state index in [1.54, 1.807) is 6.92 Å². The summed E-state index contributed by atoms with van der Waals surface area (Å²) in [6.07, 6.45) is 2.60. The van der Waals surface area contributed by atoms with Crippen molar-refractivity contribution in [3.05, 3.63) is 53.5 Å². The number of aromatic nitrogens is 4. The molecule has 0 saturated carbocycles. The van der Waals surface area contributed by atoms with Crippen LogP contribution in [0.4, 0.5) is 23.4 Å². The lowest BCUT2D eigenvalue weighted by Crippen LogP contribution is -2.37. The molecule has 3 N–H and O–H groups in total. The van der Waals surface area contributed by atoms with Crippen molar-refractivity contribution in [1.29, 1.82) is 0 Å². The minimum atomic E-state index is -3.02. The monoisotopic (exact) mass is 547 g/mol. The number of carbonyl (C=O) groups excluding carboxylic acids is 2. The smallest absolute Gasteiger partial charge is 0.345 e. The number of rotatable bonds is 8. The maximum atomic E-state index is 14.8. The molecule has 2 aromatic heterocycles. The van der Waals surface area contributed by atoms with E-state index in [1.807, 2.05) is 0 Å². The molecule has 1 aromatic carbocycles. The summed E-state index contributed by atoms with van der Waals surface area (Å²) >= 11 is 0. The highest BCUT2D eigenvalue weighted by molar-refractivity contribution is 6.00. The Labute approximate surface area is 220 Å². The average Bonchev–Trinajstić information content (AvgIpc) is 3.62. The third kappa shape index (κ3) is 5.17. The van der Waals surface area contributed by atoms with Crippen molar-refractivity contribution in [2.45, 2.75) is 38.6 Å². The van der Waals surface area contributed by atoms with Crippen LogP contribution in [0.25, 0.3) is 11.0 Å². The average molecular weight is 548 g/mol. The van der Waals surface area contributed by atoms with E-state index in [9.17, 15) is 27.2 Å². The molecule has 0 spiro atoms. The van der Waals surface area contributed by atoms with Gasteiger partial charge >= 0.3 is 6.61 Å². The maximum Gasteiger partial charge on any atom is 0.345 e. The molecule has 1 aliphatic heterocycles. The fourth-order valence-electron chi connectivity index (χ4n) is 4.68. The summed E-state index contributed by atoms with van der Waals surface area (Å²) in [5.41, 5.74) is 5.26. The summed E-state index contributed by atoms with van der Waals surface area (Å²) in [6, 6.07) is -0.0163. The predicted molar refractivity (Wildman–Crippen MR) is 133 cm³/mol. The van der Waals surface area contributed by atoms with Crippen LogP contribution in [0, 0.1) is 23.5 Å². The first kappa shape index (κ1) is 27.6. The summed E-state index contributed by atoms with van der Waals surface area (Å²) in [4.78, 5) is 30.1. The Morgan fingerprint density at radius 2 is 2.08 bits per heavy atom. The number of benzene rings is 1. The van der Waals surface area contributed by atoms with Crippen molar-refractivity contribution in [3.8, 4) is 11.8 Å². The number of nitrogens with one attached hydrogen (secondary N) is 1. The number of likely N-dealkylation sites (tertiary alicyclic amines) is 1. The van der Waals surface area contributed by atoms with E-state index in [2.05, 4.69) is 38.6 Å². The minimum Gasteiger partial charge on any atom is -0.373 e. The number of anilines is 1. The summed E-state index contributed by atoms with van der Waals surface area (Å²) in [5, 5.41) is 7.20. The highest BCUT2D eigenvalue weighted by Crippen LogP contribution is 2.33. The van der Waals surface area contributed by atoms with E-state index in [1.165, 1.54) is 33.6 Å². The van der Waals surface area contributed by atoms with Gasteiger partial charge in [0.25, 0.3) is 5.91 Å². The third-order valence-corrected chi connectivity index (χ3v) is 6.44. The molecular weight excluding hydrogens is 522 g/mol.